The van der Waals surface area contributed by atoms with E-state index in [1.54, 1.807) is 0 Å². The molecule has 2 N–H and O–H groups in total. The molecule has 212 valence electrons. The van der Waals surface area contributed by atoms with Crippen LogP contribution in [0.15, 0.2) is 24.3 Å². The molecule has 0 aliphatic heterocycles. The number of alkyl halides is 11. The molecule has 0 radical (unpaired) electrons. The Hall–Kier alpha value is -2.65. The Balaban J connectivity index is 2.91. The van der Waals surface area contributed by atoms with Gasteiger partial charge in [-0.05, 0) is 30.7 Å². The average molecular weight is 560 g/mol. The van der Waals surface area contributed by atoms with Crippen LogP contribution in [0, 0.1) is 0 Å². The molecule has 0 aromatic heterocycles. The van der Waals surface area contributed by atoms with E-state index in [4.69, 9.17) is 0 Å². The lowest BCUT2D eigenvalue weighted by molar-refractivity contribution is -0.472. The lowest BCUT2D eigenvalue weighted by Crippen LogP contribution is -2.62. The molecule has 1 aromatic rings. The zero-order valence-corrected chi connectivity index (χ0v) is 19.1. The summed E-state index contributed by atoms with van der Waals surface area (Å²) in [4.78, 5) is 23.8. The minimum absolute atomic E-state index is 0.0704. The number of carbonyl (C=O) groups is 2. The van der Waals surface area contributed by atoms with Crippen molar-refractivity contribution in [2.24, 2.45) is 0 Å². The van der Waals surface area contributed by atoms with E-state index in [0.717, 1.165) is 61.7 Å². The first-order valence-electron chi connectivity index (χ1n) is 10.8. The van der Waals surface area contributed by atoms with Gasteiger partial charge in [0.05, 0.1) is 0 Å². The summed E-state index contributed by atoms with van der Waals surface area (Å²) in [6.07, 6.45) is -15.4. The second-order valence-corrected chi connectivity index (χ2v) is 7.84. The molecule has 1 rings (SSSR count). The van der Waals surface area contributed by atoms with Gasteiger partial charge in [0.1, 0.15) is 0 Å². The lowest BCUT2D eigenvalue weighted by Gasteiger charge is -2.34. The van der Waals surface area contributed by atoms with E-state index < -0.39 is 47.7 Å². The fourth-order valence-electron chi connectivity index (χ4n) is 2.76. The Labute approximate surface area is 203 Å². The van der Waals surface area contributed by atoms with E-state index in [-0.39, 0.29) is 5.56 Å². The van der Waals surface area contributed by atoms with Crippen molar-refractivity contribution in [2.45, 2.75) is 75.7 Å². The number of rotatable bonds is 13. The van der Waals surface area contributed by atoms with Crippen molar-refractivity contribution in [1.29, 1.82) is 0 Å². The van der Waals surface area contributed by atoms with Crippen LogP contribution >= 0.6 is 0 Å². The Bertz CT molecular complexity index is 902. The summed E-state index contributed by atoms with van der Waals surface area (Å²) in [5.74, 6) is -17.4. The predicted octanol–water partition coefficient (Wildman–Crippen LogP) is 6.75. The third kappa shape index (κ3) is 8.17. The predicted molar refractivity (Wildman–Crippen MR) is 108 cm³/mol. The van der Waals surface area contributed by atoms with E-state index in [1.807, 2.05) is 6.92 Å². The van der Waals surface area contributed by atoms with E-state index >= 15 is 0 Å². The Morgan fingerprint density at radius 2 is 1.27 bits per heavy atom. The summed E-state index contributed by atoms with van der Waals surface area (Å²) in [7, 11) is 0. The van der Waals surface area contributed by atoms with Gasteiger partial charge in [0.15, 0.2) is 0 Å². The van der Waals surface area contributed by atoms with Crippen molar-refractivity contribution in [3.63, 3.8) is 0 Å². The molecule has 1 aromatic carbocycles. The fraction of sp³-hybridized carbons (Fsp3) is 0.619. The molecule has 0 fully saturated rings. The molecule has 0 spiro atoms. The van der Waals surface area contributed by atoms with Crippen molar-refractivity contribution in [3.05, 3.63) is 29.8 Å². The van der Waals surface area contributed by atoms with Crippen LogP contribution in [-0.4, -0.2) is 48.6 Å². The summed E-state index contributed by atoms with van der Waals surface area (Å²) in [5, 5.41) is 3.64. The standard InChI is InChI=1S/C21H23F11N2O3/c1-2-3-4-5-6-7-12-33-15(35)13-8-10-14(11-9-13)34-16(36)17(22,19(25,26)27)37-21(31,32)18(23,24)20(28,29)30/h8-11H,2-7,12H2,1H3,(H,33,35)(H,34,36)/t17-/m0/s1. The van der Waals surface area contributed by atoms with Crippen molar-refractivity contribution in [2.75, 3.05) is 11.9 Å². The normalized spacial score (nSPS) is 14.7. The summed E-state index contributed by atoms with van der Waals surface area (Å²) < 4.78 is 144. The first-order valence-corrected chi connectivity index (χ1v) is 10.8. The quantitative estimate of drug-likeness (QED) is 0.207. The van der Waals surface area contributed by atoms with Crippen LogP contribution in [0.25, 0.3) is 0 Å². The number of amides is 2. The number of carbonyl (C=O) groups excluding carboxylic acids is 2. The highest BCUT2D eigenvalue weighted by atomic mass is 19.4. The van der Waals surface area contributed by atoms with Gasteiger partial charge in [-0.1, -0.05) is 39.0 Å². The number of nitrogens with one attached hydrogen (secondary N) is 2. The number of benzene rings is 1. The molecule has 0 aliphatic carbocycles. The van der Waals surface area contributed by atoms with Gasteiger partial charge in [0, 0.05) is 17.8 Å². The van der Waals surface area contributed by atoms with Gasteiger partial charge < -0.3 is 10.6 Å². The third-order valence-corrected chi connectivity index (χ3v) is 4.87. The number of ether oxygens (including phenoxy) is 1. The van der Waals surface area contributed by atoms with Crippen LogP contribution in [0.2, 0.25) is 0 Å². The highest BCUT2D eigenvalue weighted by Crippen LogP contribution is 2.51. The number of halogens is 11. The molecule has 5 nitrogen and oxygen atoms in total. The highest BCUT2D eigenvalue weighted by molar-refractivity contribution is 5.98. The van der Waals surface area contributed by atoms with Crippen LogP contribution < -0.4 is 10.6 Å². The van der Waals surface area contributed by atoms with Gasteiger partial charge in [-0.25, -0.2) is 0 Å². The maximum absolute atomic E-state index is 14.3. The van der Waals surface area contributed by atoms with Crippen LogP contribution in [0.4, 0.5) is 54.0 Å². The summed E-state index contributed by atoms with van der Waals surface area (Å²) in [6.45, 7) is 2.35. The van der Waals surface area contributed by atoms with E-state index in [2.05, 4.69) is 10.1 Å². The van der Waals surface area contributed by atoms with Crippen LogP contribution in [0.5, 0.6) is 0 Å². The van der Waals surface area contributed by atoms with Gasteiger partial charge >= 0.3 is 30.2 Å². The fourth-order valence-corrected chi connectivity index (χ4v) is 2.76. The van der Waals surface area contributed by atoms with Gasteiger partial charge in [-0.3, -0.25) is 14.3 Å². The Morgan fingerprint density at radius 3 is 1.76 bits per heavy atom. The van der Waals surface area contributed by atoms with Crippen molar-refractivity contribution < 1.29 is 62.6 Å². The van der Waals surface area contributed by atoms with Crippen LogP contribution in [-0.2, 0) is 9.53 Å². The molecule has 2 amide bonds. The van der Waals surface area contributed by atoms with E-state index in [1.165, 1.54) is 0 Å². The second kappa shape index (κ2) is 12.3. The van der Waals surface area contributed by atoms with Crippen molar-refractivity contribution >= 4 is 17.5 Å². The summed E-state index contributed by atoms with van der Waals surface area (Å²) >= 11 is 0. The third-order valence-electron chi connectivity index (χ3n) is 4.87. The molecule has 0 heterocycles. The molecule has 1 atom stereocenters. The number of hydrogen-bond donors (Lipinski definition) is 2. The molecule has 0 bridgehead atoms. The van der Waals surface area contributed by atoms with Crippen LogP contribution in [0.3, 0.4) is 0 Å². The molecule has 0 saturated carbocycles. The average Bonchev–Trinajstić information content (AvgIpc) is 2.76. The van der Waals surface area contributed by atoms with Crippen molar-refractivity contribution in [3.8, 4) is 0 Å². The summed E-state index contributed by atoms with van der Waals surface area (Å²) in [5.41, 5.74) is -0.822. The largest absolute Gasteiger partial charge is 0.462 e. The smallest absolute Gasteiger partial charge is 0.352 e. The van der Waals surface area contributed by atoms with Crippen molar-refractivity contribution in [1.82, 2.24) is 5.32 Å². The highest BCUT2D eigenvalue weighted by Gasteiger charge is 2.79. The molecule has 0 unspecified atom stereocenters. The number of anilines is 1. The monoisotopic (exact) mass is 560 g/mol. The topological polar surface area (TPSA) is 67.4 Å². The maximum atomic E-state index is 14.3. The van der Waals surface area contributed by atoms with Gasteiger partial charge in [0.25, 0.3) is 11.8 Å². The van der Waals surface area contributed by atoms with E-state index in [0.29, 0.717) is 13.0 Å². The lowest BCUT2D eigenvalue weighted by atomic mass is 10.1. The zero-order valence-electron chi connectivity index (χ0n) is 19.1. The number of unbranched alkanes of at least 4 members (excludes halogenated alkanes) is 5. The Morgan fingerprint density at radius 1 is 0.757 bits per heavy atom. The number of hydrogen-bond acceptors (Lipinski definition) is 3. The molecule has 0 aliphatic rings. The van der Waals surface area contributed by atoms with Gasteiger partial charge in [-0.2, -0.15) is 48.3 Å². The minimum Gasteiger partial charge on any atom is -0.352 e. The zero-order chi connectivity index (χ0) is 28.7. The first-order chi connectivity index (χ1) is 16.8. The first kappa shape index (κ1) is 32.4. The van der Waals surface area contributed by atoms with E-state index in [9.17, 15) is 57.9 Å². The molecular weight excluding hydrogens is 537 g/mol. The van der Waals surface area contributed by atoms with Crippen LogP contribution in [0.1, 0.15) is 55.8 Å². The maximum Gasteiger partial charge on any atom is 0.462 e. The SMILES string of the molecule is CCCCCCCCNC(=O)c1ccc(NC(=O)[C@](F)(OC(F)(F)C(F)(F)C(F)(F)F)C(F)(F)F)cc1. The van der Waals surface area contributed by atoms with Gasteiger partial charge in [-0.15, -0.1) is 0 Å². The molecule has 37 heavy (non-hydrogen) atoms. The minimum atomic E-state index is -7.28. The molecular formula is C21H23F11N2O3. The Kier molecular flexibility index (Phi) is 10.7. The van der Waals surface area contributed by atoms with Gasteiger partial charge in [0.2, 0.25) is 0 Å². The molecule has 0 saturated heterocycles. The molecule has 16 heteroatoms. The second-order valence-electron chi connectivity index (χ2n) is 7.84. The summed E-state index contributed by atoms with van der Waals surface area (Å²) in [6, 6.07) is 3.34.